The summed E-state index contributed by atoms with van der Waals surface area (Å²) in [7, 11) is 0. The molecule has 1 amide bonds. The average molecular weight is 359 g/mol. The Morgan fingerprint density at radius 1 is 0.963 bits per heavy atom. The highest BCUT2D eigenvalue weighted by molar-refractivity contribution is 5.94. The molecule has 136 valence electrons. The fourth-order valence-corrected chi connectivity index (χ4v) is 4.09. The monoisotopic (exact) mass is 359 g/mol. The van der Waals surface area contributed by atoms with Crippen molar-refractivity contribution < 1.29 is 4.79 Å². The zero-order chi connectivity index (χ0) is 19.1. The van der Waals surface area contributed by atoms with Crippen molar-refractivity contribution in [3.63, 3.8) is 0 Å². The fraction of sp³-hybridized carbons (Fsp3) is 0.227. The van der Waals surface area contributed by atoms with Crippen molar-refractivity contribution in [1.82, 2.24) is 9.97 Å². The third kappa shape index (κ3) is 3.05. The van der Waals surface area contributed by atoms with E-state index in [-0.39, 0.29) is 23.8 Å². The van der Waals surface area contributed by atoms with Crippen LogP contribution in [0.3, 0.4) is 0 Å². The van der Waals surface area contributed by atoms with E-state index in [2.05, 4.69) is 27.4 Å². The van der Waals surface area contributed by atoms with Gasteiger partial charge in [0.25, 0.3) is 5.56 Å². The molecule has 0 unspecified atom stereocenters. The molecule has 0 saturated carbocycles. The number of nitrogens with zero attached hydrogens (tertiary/aromatic N) is 1. The summed E-state index contributed by atoms with van der Waals surface area (Å²) in [5.41, 5.74) is 5.51. The van der Waals surface area contributed by atoms with Crippen LogP contribution in [0.15, 0.2) is 47.3 Å². The summed E-state index contributed by atoms with van der Waals surface area (Å²) in [4.78, 5) is 32.8. The number of benzene rings is 2. The first-order chi connectivity index (χ1) is 12.9. The van der Waals surface area contributed by atoms with Crippen molar-refractivity contribution in [3.8, 4) is 11.4 Å². The first kappa shape index (κ1) is 17.2. The van der Waals surface area contributed by atoms with Gasteiger partial charge in [-0.3, -0.25) is 9.59 Å². The third-order valence-electron chi connectivity index (χ3n) is 5.08. The molecule has 1 atom stereocenters. The molecule has 0 spiro atoms. The van der Waals surface area contributed by atoms with Gasteiger partial charge in [-0.05, 0) is 37.5 Å². The summed E-state index contributed by atoms with van der Waals surface area (Å²) < 4.78 is 0. The lowest BCUT2D eigenvalue weighted by Crippen LogP contribution is -2.32. The molecule has 2 aromatic carbocycles. The quantitative estimate of drug-likeness (QED) is 0.730. The minimum Gasteiger partial charge on any atom is -0.310 e. The molecule has 0 saturated heterocycles. The van der Waals surface area contributed by atoms with E-state index in [1.165, 1.54) is 5.56 Å². The van der Waals surface area contributed by atoms with Gasteiger partial charge in [-0.15, -0.1) is 0 Å². The molecular weight excluding hydrogens is 338 g/mol. The number of amides is 1. The van der Waals surface area contributed by atoms with Crippen molar-refractivity contribution in [1.29, 1.82) is 0 Å². The highest BCUT2D eigenvalue weighted by atomic mass is 16.2. The highest BCUT2D eigenvalue weighted by Crippen LogP contribution is 2.37. The van der Waals surface area contributed by atoms with Gasteiger partial charge in [-0.1, -0.05) is 48.0 Å². The molecule has 1 aromatic heterocycles. The first-order valence-electron chi connectivity index (χ1n) is 9.01. The molecule has 2 heterocycles. The summed E-state index contributed by atoms with van der Waals surface area (Å²) in [5, 5.41) is 2.79. The molecule has 1 aliphatic heterocycles. The number of rotatable bonds is 2. The number of aryl methyl sites for hydroxylation is 3. The van der Waals surface area contributed by atoms with E-state index in [4.69, 9.17) is 0 Å². The Morgan fingerprint density at radius 2 is 1.63 bits per heavy atom. The number of hydrogen-bond donors (Lipinski definition) is 2. The second-order valence-corrected chi connectivity index (χ2v) is 7.16. The number of H-pyrrole nitrogens is 1. The third-order valence-corrected chi connectivity index (χ3v) is 5.08. The lowest BCUT2D eigenvalue weighted by molar-refractivity contribution is -0.116. The second kappa shape index (κ2) is 6.50. The predicted molar refractivity (Wildman–Crippen MR) is 106 cm³/mol. The number of aromatic nitrogens is 2. The van der Waals surface area contributed by atoms with E-state index in [0.29, 0.717) is 17.2 Å². The smallest absolute Gasteiger partial charge is 0.257 e. The molecule has 0 radical (unpaired) electrons. The normalized spacial score (nSPS) is 16.0. The van der Waals surface area contributed by atoms with E-state index in [1.807, 2.05) is 51.1 Å². The van der Waals surface area contributed by atoms with Gasteiger partial charge in [0.1, 0.15) is 11.6 Å². The minimum atomic E-state index is -0.296. The van der Waals surface area contributed by atoms with Crippen LogP contribution >= 0.6 is 0 Å². The zero-order valence-electron chi connectivity index (χ0n) is 15.6. The molecule has 0 aliphatic carbocycles. The van der Waals surface area contributed by atoms with Gasteiger partial charge in [0, 0.05) is 17.9 Å². The van der Waals surface area contributed by atoms with Crippen LogP contribution in [0.25, 0.3) is 11.4 Å². The van der Waals surface area contributed by atoms with Crippen LogP contribution < -0.4 is 10.9 Å². The van der Waals surface area contributed by atoms with Crippen LogP contribution in [0.4, 0.5) is 5.82 Å². The molecule has 4 rings (SSSR count). The summed E-state index contributed by atoms with van der Waals surface area (Å²) >= 11 is 0. The Hall–Kier alpha value is -3.21. The van der Waals surface area contributed by atoms with Crippen molar-refractivity contribution in [3.05, 3.63) is 80.6 Å². The van der Waals surface area contributed by atoms with Gasteiger partial charge in [0.2, 0.25) is 5.91 Å². The molecule has 1 aliphatic rings. The average Bonchev–Trinajstić information content (AvgIpc) is 2.60. The van der Waals surface area contributed by atoms with Crippen LogP contribution in [0.2, 0.25) is 0 Å². The molecule has 0 fully saturated rings. The lowest BCUT2D eigenvalue weighted by atomic mass is 9.81. The van der Waals surface area contributed by atoms with Crippen LogP contribution in [0.1, 0.15) is 40.2 Å². The molecule has 5 nitrogen and oxygen atoms in total. The van der Waals surface area contributed by atoms with E-state index in [1.54, 1.807) is 0 Å². The van der Waals surface area contributed by atoms with Crippen molar-refractivity contribution in [2.75, 3.05) is 5.32 Å². The van der Waals surface area contributed by atoms with Crippen molar-refractivity contribution in [2.24, 2.45) is 0 Å². The first-order valence-corrected chi connectivity index (χ1v) is 9.01. The SMILES string of the molecule is Cc1cc(C)c([C@@H]2CC(=O)Nc3nc(-c4ccccc4)[nH]c(=O)c32)c(C)c1. The Bertz CT molecular complexity index is 1080. The van der Waals surface area contributed by atoms with Gasteiger partial charge in [-0.25, -0.2) is 4.98 Å². The maximum absolute atomic E-state index is 13.0. The highest BCUT2D eigenvalue weighted by Gasteiger charge is 2.32. The number of anilines is 1. The molecule has 0 bridgehead atoms. The Kier molecular flexibility index (Phi) is 4.15. The molecule has 5 heteroatoms. The zero-order valence-corrected chi connectivity index (χ0v) is 15.6. The Balaban J connectivity index is 1.91. The van der Waals surface area contributed by atoms with Crippen LogP contribution in [-0.2, 0) is 4.79 Å². The number of carbonyl (C=O) groups is 1. The number of carbonyl (C=O) groups excluding carboxylic acids is 1. The Labute approximate surface area is 157 Å². The number of aromatic amines is 1. The van der Waals surface area contributed by atoms with Crippen molar-refractivity contribution in [2.45, 2.75) is 33.1 Å². The van der Waals surface area contributed by atoms with Gasteiger partial charge >= 0.3 is 0 Å². The van der Waals surface area contributed by atoms with Crippen LogP contribution in [0, 0.1) is 20.8 Å². The maximum atomic E-state index is 13.0. The van der Waals surface area contributed by atoms with Crippen LogP contribution in [-0.4, -0.2) is 15.9 Å². The second-order valence-electron chi connectivity index (χ2n) is 7.16. The largest absolute Gasteiger partial charge is 0.310 e. The Morgan fingerprint density at radius 3 is 2.30 bits per heavy atom. The topological polar surface area (TPSA) is 74.8 Å². The van der Waals surface area contributed by atoms with Crippen molar-refractivity contribution >= 4 is 11.7 Å². The van der Waals surface area contributed by atoms with Gasteiger partial charge in [0.15, 0.2) is 0 Å². The summed E-state index contributed by atoms with van der Waals surface area (Å²) in [5.74, 6) is 0.398. The van der Waals surface area contributed by atoms with Gasteiger partial charge in [0.05, 0.1) is 5.56 Å². The fourth-order valence-electron chi connectivity index (χ4n) is 4.09. The van der Waals surface area contributed by atoms with Crippen LogP contribution in [0.5, 0.6) is 0 Å². The summed E-state index contributed by atoms with van der Waals surface area (Å²) in [6.45, 7) is 6.11. The van der Waals surface area contributed by atoms with Gasteiger partial charge < -0.3 is 10.3 Å². The summed E-state index contributed by atoms with van der Waals surface area (Å²) in [6, 6.07) is 13.6. The van der Waals surface area contributed by atoms with Gasteiger partial charge in [-0.2, -0.15) is 0 Å². The maximum Gasteiger partial charge on any atom is 0.257 e. The van der Waals surface area contributed by atoms with E-state index in [0.717, 1.165) is 22.3 Å². The van der Waals surface area contributed by atoms with E-state index < -0.39 is 0 Å². The molecular formula is C22H21N3O2. The predicted octanol–water partition coefficient (Wildman–Crippen LogP) is 3.84. The summed E-state index contributed by atoms with van der Waals surface area (Å²) in [6.07, 6.45) is 0.243. The number of fused-ring (bicyclic) bond motifs is 1. The van der Waals surface area contributed by atoms with E-state index in [9.17, 15) is 9.59 Å². The molecule has 27 heavy (non-hydrogen) atoms. The molecule has 2 N–H and O–H groups in total. The van der Waals surface area contributed by atoms with E-state index >= 15 is 0 Å². The number of hydrogen-bond acceptors (Lipinski definition) is 3. The molecule has 3 aromatic rings. The minimum absolute atomic E-state index is 0.121. The standard InChI is InChI=1S/C22H21N3O2/c1-12-9-13(2)18(14(3)10-12)16-11-17(26)23-21-19(16)22(27)25-20(24-21)15-7-5-4-6-8-15/h4-10,16H,11H2,1-3H3,(H2,23,24,25,26,27)/t16-/m0/s1. The lowest BCUT2D eigenvalue weighted by Gasteiger charge is -2.27. The number of nitrogens with one attached hydrogen (secondary N) is 2.